The van der Waals surface area contributed by atoms with Crippen molar-refractivity contribution in [2.24, 2.45) is 0 Å². The number of aromatic amines is 1. The largest absolute Gasteiger partial charge is 0.346 e. The number of hydrogen-bond donors (Lipinski definition) is 1. The summed E-state index contributed by atoms with van der Waals surface area (Å²) in [6.45, 7) is 2.14. The van der Waals surface area contributed by atoms with Crippen molar-refractivity contribution in [2.45, 2.75) is 36.3 Å². The number of nitrogens with zero attached hydrogens (tertiary/aromatic N) is 1. The number of benzene rings is 1. The van der Waals surface area contributed by atoms with Crippen molar-refractivity contribution in [3.05, 3.63) is 52.1 Å². The molecule has 1 aromatic heterocycles. The molecule has 98 valence electrons. The Kier molecular flexibility index (Phi) is 3.71. The summed E-state index contributed by atoms with van der Waals surface area (Å²) in [4.78, 5) is 9.17. The van der Waals surface area contributed by atoms with Crippen molar-refractivity contribution in [3.8, 4) is 0 Å². The number of hydrogen-bond acceptors (Lipinski definition) is 3. The molecule has 0 bridgehead atoms. The number of rotatable bonds is 4. The Hall–Kier alpha value is -1.13. The number of aromatic nitrogens is 2. The molecule has 4 heteroatoms. The Morgan fingerprint density at radius 1 is 1.37 bits per heavy atom. The summed E-state index contributed by atoms with van der Waals surface area (Å²) < 4.78 is 0.709. The van der Waals surface area contributed by atoms with E-state index in [1.165, 1.54) is 29.0 Å². The normalized spacial score (nSPS) is 14.6. The zero-order valence-electron chi connectivity index (χ0n) is 10.8. The molecule has 1 aliphatic rings. The average Bonchev–Trinajstić information content (AvgIpc) is 3.21. The van der Waals surface area contributed by atoms with Gasteiger partial charge in [-0.05, 0) is 43.4 Å². The van der Waals surface area contributed by atoms with Gasteiger partial charge in [0.1, 0.15) is 10.5 Å². The first-order valence-corrected chi connectivity index (χ1v) is 7.90. The van der Waals surface area contributed by atoms with Crippen LogP contribution in [-0.4, -0.2) is 9.97 Å². The van der Waals surface area contributed by atoms with Crippen molar-refractivity contribution in [3.63, 3.8) is 0 Å². The van der Waals surface area contributed by atoms with E-state index in [2.05, 4.69) is 41.2 Å². The van der Waals surface area contributed by atoms with Gasteiger partial charge in [-0.3, -0.25) is 0 Å². The van der Waals surface area contributed by atoms with Crippen molar-refractivity contribution in [1.82, 2.24) is 9.97 Å². The molecule has 1 fully saturated rings. The first-order valence-electron chi connectivity index (χ1n) is 6.51. The highest BCUT2D eigenvalue weighted by atomic mass is 32.2. The summed E-state index contributed by atoms with van der Waals surface area (Å²) >= 11 is 7.06. The molecule has 1 aliphatic carbocycles. The topological polar surface area (TPSA) is 28.7 Å². The van der Waals surface area contributed by atoms with Gasteiger partial charge in [-0.15, -0.1) is 11.8 Å². The van der Waals surface area contributed by atoms with Gasteiger partial charge in [0.05, 0.1) is 5.75 Å². The van der Waals surface area contributed by atoms with E-state index in [1.54, 1.807) is 0 Å². The summed E-state index contributed by atoms with van der Waals surface area (Å²) in [7, 11) is 0. The smallest absolute Gasteiger partial charge is 0.130 e. The Morgan fingerprint density at radius 2 is 2.16 bits per heavy atom. The Labute approximate surface area is 122 Å². The van der Waals surface area contributed by atoms with Crippen LogP contribution in [0.3, 0.4) is 0 Å². The molecule has 0 amide bonds. The number of H-pyrrole nitrogens is 1. The molecular formula is C15H16N2S2. The minimum absolute atomic E-state index is 0.687. The monoisotopic (exact) mass is 288 g/mol. The predicted octanol–water partition coefficient (Wildman–Crippen LogP) is 4.62. The van der Waals surface area contributed by atoms with Crippen LogP contribution in [0.1, 0.15) is 35.8 Å². The van der Waals surface area contributed by atoms with Crippen LogP contribution in [0.2, 0.25) is 0 Å². The molecule has 1 N–H and O–H groups in total. The van der Waals surface area contributed by atoms with E-state index in [0.29, 0.717) is 10.6 Å². The lowest BCUT2D eigenvalue weighted by molar-refractivity contribution is 0.925. The first-order chi connectivity index (χ1) is 9.22. The standard InChI is InChI=1S/C15H16N2S2/c1-10-4-2-3-5-13(10)19-9-14-16-12(11-6-7-11)8-15(18)17-14/h2-5,8,11H,6-7,9H2,1H3,(H,16,17,18). The Balaban J connectivity index is 1.76. The first kappa shape index (κ1) is 12.9. The zero-order chi connectivity index (χ0) is 13.2. The van der Waals surface area contributed by atoms with E-state index in [0.717, 1.165) is 11.6 Å². The third kappa shape index (κ3) is 3.25. The summed E-state index contributed by atoms with van der Waals surface area (Å²) in [6, 6.07) is 10.4. The highest BCUT2D eigenvalue weighted by Gasteiger charge is 2.24. The van der Waals surface area contributed by atoms with Crippen molar-refractivity contribution < 1.29 is 0 Å². The Bertz CT molecular complexity index is 645. The van der Waals surface area contributed by atoms with Crippen LogP contribution in [0.4, 0.5) is 0 Å². The lowest BCUT2D eigenvalue weighted by Gasteiger charge is -2.06. The lowest BCUT2D eigenvalue weighted by Crippen LogP contribution is -1.97. The maximum absolute atomic E-state index is 5.25. The molecule has 19 heavy (non-hydrogen) atoms. The van der Waals surface area contributed by atoms with Crippen molar-refractivity contribution >= 4 is 24.0 Å². The van der Waals surface area contributed by atoms with Gasteiger partial charge in [0.25, 0.3) is 0 Å². The maximum atomic E-state index is 5.25. The highest BCUT2D eigenvalue weighted by Crippen LogP contribution is 2.39. The molecule has 0 unspecified atom stereocenters. The van der Waals surface area contributed by atoms with Crippen LogP contribution >= 0.6 is 24.0 Å². The molecule has 2 aromatic rings. The molecule has 0 aliphatic heterocycles. The summed E-state index contributed by atoms with van der Waals surface area (Å²) in [6.07, 6.45) is 2.55. The highest BCUT2D eigenvalue weighted by molar-refractivity contribution is 7.98. The maximum Gasteiger partial charge on any atom is 0.130 e. The molecule has 1 heterocycles. The molecule has 0 atom stereocenters. The number of aryl methyl sites for hydroxylation is 1. The molecule has 1 aromatic carbocycles. The summed E-state index contributed by atoms with van der Waals surface area (Å²) in [5.41, 5.74) is 2.57. The third-order valence-corrected chi connectivity index (χ3v) is 4.68. The van der Waals surface area contributed by atoms with Crippen LogP contribution in [0, 0.1) is 11.6 Å². The minimum atomic E-state index is 0.687. The molecule has 0 radical (unpaired) electrons. The fraction of sp³-hybridized carbons (Fsp3) is 0.333. The molecular weight excluding hydrogens is 272 g/mol. The SMILES string of the molecule is Cc1ccccc1SCc1nc(=S)cc(C2CC2)[nH]1. The summed E-state index contributed by atoms with van der Waals surface area (Å²) in [5, 5.41) is 0. The fourth-order valence-electron chi connectivity index (χ4n) is 2.08. The van der Waals surface area contributed by atoms with Crippen molar-refractivity contribution in [2.75, 3.05) is 0 Å². The van der Waals surface area contributed by atoms with Crippen LogP contribution in [0.25, 0.3) is 0 Å². The van der Waals surface area contributed by atoms with Gasteiger partial charge < -0.3 is 4.98 Å². The van der Waals surface area contributed by atoms with E-state index in [-0.39, 0.29) is 0 Å². The van der Waals surface area contributed by atoms with Gasteiger partial charge in [0, 0.05) is 10.6 Å². The quantitative estimate of drug-likeness (QED) is 0.657. The molecule has 1 saturated carbocycles. The van der Waals surface area contributed by atoms with E-state index in [1.807, 2.05) is 17.8 Å². The predicted molar refractivity (Wildman–Crippen MR) is 82.1 cm³/mol. The lowest BCUT2D eigenvalue weighted by atomic mass is 10.2. The van der Waals surface area contributed by atoms with E-state index in [4.69, 9.17) is 12.2 Å². The molecule has 2 nitrogen and oxygen atoms in total. The third-order valence-electron chi connectivity index (χ3n) is 3.29. The average molecular weight is 288 g/mol. The van der Waals surface area contributed by atoms with Crippen LogP contribution in [-0.2, 0) is 5.75 Å². The number of thioether (sulfide) groups is 1. The van der Waals surface area contributed by atoms with Crippen LogP contribution in [0.5, 0.6) is 0 Å². The second-order valence-electron chi connectivity index (χ2n) is 4.95. The zero-order valence-corrected chi connectivity index (χ0v) is 12.5. The molecule has 0 spiro atoms. The second-order valence-corrected chi connectivity index (χ2v) is 6.39. The molecule has 3 rings (SSSR count). The second kappa shape index (κ2) is 5.47. The van der Waals surface area contributed by atoms with Gasteiger partial charge in [-0.25, -0.2) is 4.98 Å². The van der Waals surface area contributed by atoms with Gasteiger partial charge in [0.15, 0.2) is 0 Å². The van der Waals surface area contributed by atoms with Gasteiger partial charge in [-0.2, -0.15) is 0 Å². The Morgan fingerprint density at radius 3 is 2.89 bits per heavy atom. The molecule has 0 saturated heterocycles. The van der Waals surface area contributed by atoms with Crippen LogP contribution in [0.15, 0.2) is 35.2 Å². The van der Waals surface area contributed by atoms with Gasteiger partial charge in [-0.1, -0.05) is 30.4 Å². The van der Waals surface area contributed by atoms with Gasteiger partial charge in [0.2, 0.25) is 0 Å². The van der Waals surface area contributed by atoms with Gasteiger partial charge >= 0.3 is 0 Å². The summed E-state index contributed by atoms with van der Waals surface area (Å²) in [5.74, 6) is 2.52. The fourth-order valence-corrected chi connectivity index (χ4v) is 3.21. The van der Waals surface area contributed by atoms with E-state index in [9.17, 15) is 0 Å². The van der Waals surface area contributed by atoms with E-state index >= 15 is 0 Å². The van der Waals surface area contributed by atoms with E-state index < -0.39 is 0 Å². The van der Waals surface area contributed by atoms with Crippen LogP contribution < -0.4 is 0 Å². The number of nitrogens with one attached hydrogen (secondary N) is 1. The minimum Gasteiger partial charge on any atom is -0.346 e. The van der Waals surface area contributed by atoms with Crippen molar-refractivity contribution in [1.29, 1.82) is 0 Å².